The Morgan fingerprint density at radius 1 is 1.21 bits per heavy atom. The Balaban J connectivity index is 2.21. The zero-order valence-electron chi connectivity index (χ0n) is 21.0. The molecule has 0 unspecified atom stereocenters. The lowest BCUT2D eigenvalue weighted by Crippen LogP contribution is -2.43. The van der Waals surface area contributed by atoms with Crippen LogP contribution < -0.4 is 9.47 Å². The minimum absolute atomic E-state index is 0.0470. The number of pyridine rings is 1. The van der Waals surface area contributed by atoms with Crippen molar-refractivity contribution in [2.75, 3.05) is 20.8 Å². The molecule has 1 saturated heterocycles. The molecule has 0 aliphatic carbocycles. The quantitative estimate of drug-likeness (QED) is 0.386. The van der Waals surface area contributed by atoms with Crippen LogP contribution in [-0.2, 0) is 23.8 Å². The third-order valence-corrected chi connectivity index (χ3v) is 5.71. The summed E-state index contributed by atoms with van der Waals surface area (Å²) in [5.74, 6) is -1.66. The minimum Gasteiger partial charge on any atom is -0.493 e. The van der Waals surface area contributed by atoms with Crippen molar-refractivity contribution in [1.82, 2.24) is 4.98 Å². The Bertz CT molecular complexity index is 840. The highest BCUT2D eigenvalue weighted by molar-refractivity contribution is 6.00. The minimum atomic E-state index is -0.655. The molecule has 0 radical (unpaired) electrons. The fourth-order valence-corrected chi connectivity index (χ4v) is 4.00. The third-order valence-electron chi connectivity index (χ3n) is 5.71. The highest BCUT2D eigenvalue weighted by atomic mass is 16.6. The lowest BCUT2D eigenvalue weighted by Gasteiger charge is -2.33. The number of hydrogen-bond donors (Lipinski definition) is 0. The molecule has 9 nitrogen and oxygen atoms in total. The molecule has 0 amide bonds. The van der Waals surface area contributed by atoms with E-state index in [1.807, 2.05) is 0 Å². The van der Waals surface area contributed by atoms with E-state index in [1.54, 1.807) is 14.0 Å². The first kappa shape index (κ1) is 27.7. The van der Waals surface area contributed by atoms with Crippen LogP contribution in [0.1, 0.15) is 70.3 Å². The number of carbonyl (C=O) groups is 3. The number of rotatable bonds is 9. The van der Waals surface area contributed by atoms with Crippen LogP contribution in [0.2, 0.25) is 0 Å². The van der Waals surface area contributed by atoms with Crippen LogP contribution in [0.3, 0.4) is 0 Å². The molecule has 2 rings (SSSR count). The van der Waals surface area contributed by atoms with Gasteiger partial charge < -0.3 is 23.7 Å². The van der Waals surface area contributed by atoms with Crippen LogP contribution in [0.4, 0.5) is 0 Å². The van der Waals surface area contributed by atoms with Crippen LogP contribution in [-0.4, -0.2) is 61.8 Å². The van der Waals surface area contributed by atoms with Crippen LogP contribution in [0.25, 0.3) is 0 Å². The largest absolute Gasteiger partial charge is 0.493 e. The maximum absolute atomic E-state index is 13.1. The van der Waals surface area contributed by atoms with E-state index in [0.29, 0.717) is 18.9 Å². The average molecular weight is 480 g/mol. The molecule has 9 heteroatoms. The second-order valence-electron chi connectivity index (χ2n) is 9.00. The van der Waals surface area contributed by atoms with Crippen LogP contribution in [0, 0.1) is 11.8 Å². The third kappa shape index (κ3) is 7.77. The summed E-state index contributed by atoms with van der Waals surface area (Å²) in [5, 5.41) is 0. The lowest BCUT2D eigenvalue weighted by molar-refractivity contribution is -0.172. The summed E-state index contributed by atoms with van der Waals surface area (Å²) < 4.78 is 27.9. The van der Waals surface area contributed by atoms with E-state index >= 15 is 0 Å². The van der Waals surface area contributed by atoms with E-state index in [0.717, 1.165) is 19.3 Å². The predicted octanol–water partition coefficient (Wildman–Crippen LogP) is 3.77. The number of nitrogens with zero attached hydrogens (tertiary/aromatic N) is 1. The number of ketones is 1. The number of esters is 2. The van der Waals surface area contributed by atoms with Gasteiger partial charge in [0.05, 0.1) is 19.1 Å². The SMILES string of the molecule is COc1ccnc(C(=O)C[C@H]2CCCC[C@H](OC)[C@@H](OCC(C)C)[C@H](C)OC2=O)c1OC(C)=O. The van der Waals surface area contributed by atoms with E-state index in [4.69, 9.17) is 23.7 Å². The van der Waals surface area contributed by atoms with Gasteiger partial charge in [0.2, 0.25) is 5.75 Å². The van der Waals surface area contributed by atoms with Crippen LogP contribution >= 0.6 is 0 Å². The molecule has 4 atom stereocenters. The second-order valence-corrected chi connectivity index (χ2v) is 9.00. The standard InChI is InChI=1S/C25H37NO8/c1-15(2)14-32-23-16(3)33-25(29)18(9-7-8-10-20(23)30-5)13-19(28)22-24(34-17(4)27)21(31-6)11-12-26-22/h11-12,15-16,18,20,23H,7-10,13-14H2,1-6H3/t16-,18+,20-,23-/m0/s1. The molecule has 1 aromatic rings. The Labute approximate surface area is 201 Å². The van der Waals surface area contributed by atoms with Gasteiger partial charge >= 0.3 is 11.9 Å². The zero-order valence-corrected chi connectivity index (χ0v) is 21.0. The van der Waals surface area contributed by atoms with E-state index in [2.05, 4.69) is 18.8 Å². The van der Waals surface area contributed by atoms with E-state index in [1.165, 1.54) is 26.3 Å². The molecule has 0 saturated carbocycles. The van der Waals surface area contributed by atoms with Gasteiger partial charge in [-0.1, -0.05) is 26.7 Å². The van der Waals surface area contributed by atoms with Gasteiger partial charge in [0.25, 0.3) is 0 Å². The van der Waals surface area contributed by atoms with Crippen molar-refractivity contribution in [3.8, 4) is 11.5 Å². The van der Waals surface area contributed by atoms with Gasteiger partial charge in [-0.2, -0.15) is 0 Å². The van der Waals surface area contributed by atoms with Crippen molar-refractivity contribution < 1.29 is 38.1 Å². The summed E-state index contributed by atoms with van der Waals surface area (Å²) in [6, 6.07) is 1.50. The van der Waals surface area contributed by atoms with Crippen molar-refractivity contribution >= 4 is 17.7 Å². The van der Waals surface area contributed by atoms with Crippen molar-refractivity contribution in [2.24, 2.45) is 11.8 Å². The lowest BCUT2D eigenvalue weighted by atomic mass is 9.92. The number of hydrogen-bond acceptors (Lipinski definition) is 9. The van der Waals surface area contributed by atoms with Crippen molar-refractivity contribution in [1.29, 1.82) is 0 Å². The van der Waals surface area contributed by atoms with E-state index in [-0.39, 0.29) is 29.7 Å². The first-order valence-corrected chi connectivity index (χ1v) is 11.8. The summed E-state index contributed by atoms with van der Waals surface area (Å²) in [5.41, 5.74) is -0.0508. The molecule has 34 heavy (non-hydrogen) atoms. The van der Waals surface area contributed by atoms with Gasteiger partial charge in [0.15, 0.2) is 17.2 Å². The maximum Gasteiger partial charge on any atom is 0.309 e. The van der Waals surface area contributed by atoms with Gasteiger partial charge in [-0.15, -0.1) is 0 Å². The monoisotopic (exact) mass is 479 g/mol. The normalized spacial score (nSPS) is 23.8. The van der Waals surface area contributed by atoms with Crippen LogP contribution in [0.5, 0.6) is 11.5 Å². The molecule has 190 valence electrons. The predicted molar refractivity (Wildman–Crippen MR) is 124 cm³/mol. The Kier molecular flexibility index (Phi) is 10.9. The number of methoxy groups -OCH3 is 2. The zero-order chi connectivity index (χ0) is 25.3. The molecule has 0 spiro atoms. The van der Waals surface area contributed by atoms with Gasteiger partial charge in [-0.3, -0.25) is 14.4 Å². The fraction of sp³-hybridized carbons (Fsp3) is 0.680. The van der Waals surface area contributed by atoms with E-state index < -0.39 is 35.8 Å². The second kappa shape index (κ2) is 13.4. The van der Waals surface area contributed by atoms with Crippen molar-refractivity contribution in [2.45, 2.75) is 78.1 Å². The number of cyclic esters (lactones) is 1. The molecule has 1 fully saturated rings. The molecule has 0 aromatic carbocycles. The maximum atomic E-state index is 13.1. The summed E-state index contributed by atoms with van der Waals surface area (Å²) in [4.78, 5) is 41.9. The summed E-state index contributed by atoms with van der Waals surface area (Å²) in [6.07, 6.45) is 2.93. The number of aromatic nitrogens is 1. The summed E-state index contributed by atoms with van der Waals surface area (Å²) in [7, 11) is 3.04. The number of Topliss-reactive ketones (excluding diaryl/α,β-unsaturated/α-hetero) is 1. The molecular formula is C25H37NO8. The van der Waals surface area contributed by atoms with Gasteiger partial charge in [-0.05, 0) is 25.7 Å². The Morgan fingerprint density at radius 2 is 1.91 bits per heavy atom. The highest BCUT2D eigenvalue weighted by Crippen LogP contribution is 2.32. The summed E-state index contributed by atoms with van der Waals surface area (Å²) >= 11 is 0. The first-order valence-electron chi connectivity index (χ1n) is 11.8. The van der Waals surface area contributed by atoms with Crippen LogP contribution in [0.15, 0.2) is 12.3 Å². The van der Waals surface area contributed by atoms with E-state index in [9.17, 15) is 14.4 Å². The molecule has 0 N–H and O–H groups in total. The molecule has 1 aliphatic heterocycles. The van der Waals surface area contributed by atoms with Gasteiger partial charge in [0, 0.05) is 39.3 Å². The average Bonchev–Trinajstić information content (AvgIpc) is 2.78. The molecule has 0 bridgehead atoms. The topological polar surface area (TPSA) is 110 Å². The molecule has 2 heterocycles. The molecule has 1 aliphatic rings. The Hall–Kier alpha value is -2.52. The first-order chi connectivity index (χ1) is 16.2. The van der Waals surface area contributed by atoms with Gasteiger partial charge in [0.1, 0.15) is 12.2 Å². The van der Waals surface area contributed by atoms with Crippen molar-refractivity contribution in [3.05, 3.63) is 18.0 Å². The smallest absolute Gasteiger partial charge is 0.309 e. The highest BCUT2D eigenvalue weighted by Gasteiger charge is 2.35. The number of carbonyl (C=O) groups excluding carboxylic acids is 3. The van der Waals surface area contributed by atoms with Crippen molar-refractivity contribution in [3.63, 3.8) is 0 Å². The van der Waals surface area contributed by atoms with Gasteiger partial charge in [-0.25, -0.2) is 4.98 Å². The molecular weight excluding hydrogens is 442 g/mol. The summed E-state index contributed by atoms with van der Waals surface area (Å²) in [6.45, 7) is 7.65. The number of ether oxygens (including phenoxy) is 5. The fourth-order valence-electron chi connectivity index (χ4n) is 4.00. The Morgan fingerprint density at radius 3 is 2.53 bits per heavy atom. The molecule has 1 aromatic heterocycles.